The Balaban J connectivity index is 2.78. The molecule has 0 bridgehead atoms. The van der Waals surface area contributed by atoms with Crippen molar-refractivity contribution in [3.63, 3.8) is 0 Å². The Morgan fingerprint density at radius 2 is 2.16 bits per heavy atom. The molecule has 0 saturated heterocycles. The zero-order chi connectivity index (χ0) is 14.2. The number of hydrogen-bond acceptors (Lipinski definition) is 6. The average molecular weight is 280 g/mol. The number of ether oxygens (including phenoxy) is 1. The first-order chi connectivity index (χ1) is 8.95. The summed E-state index contributed by atoms with van der Waals surface area (Å²) in [5.41, 5.74) is 0.226. The predicted octanol–water partition coefficient (Wildman–Crippen LogP) is 0.840. The Hall–Kier alpha value is -2.02. The Morgan fingerprint density at radius 1 is 1.47 bits per heavy atom. The molecule has 0 aromatic carbocycles. The number of aryl methyl sites for hydroxylation is 1. The molecule has 0 aliphatic rings. The van der Waals surface area contributed by atoms with Crippen LogP contribution in [0.1, 0.15) is 23.0 Å². The van der Waals surface area contributed by atoms with Crippen molar-refractivity contribution in [2.75, 3.05) is 6.61 Å². The smallest absolute Gasteiger partial charge is 0.339 e. The van der Waals surface area contributed by atoms with E-state index in [9.17, 15) is 14.4 Å². The van der Waals surface area contributed by atoms with Crippen LogP contribution in [0.25, 0.3) is 10.2 Å². The van der Waals surface area contributed by atoms with Gasteiger partial charge in [0.05, 0.1) is 23.3 Å². The molecule has 2 rings (SSSR count). The summed E-state index contributed by atoms with van der Waals surface area (Å²) < 4.78 is 5.90. The van der Waals surface area contributed by atoms with Crippen LogP contribution in [-0.4, -0.2) is 22.1 Å². The van der Waals surface area contributed by atoms with Crippen molar-refractivity contribution in [3.05, 3.63) is 37.3 Å². The zero-order valence-electron chi connectivity index (χ0n) is 10.7. The fourth-order valence-electron chi connectivity index (χ4n) is 1.64. The number of aromatic nitrogens is 2. The van der Waals surface area contributed by atoms with E-state index in [0.29, 0.717) is 10.5 Å². The summed E-state index contributed by atoms with van der Waals surface area (Å²) in [4.78, 5) is 39.3. The van der Waals surface area contributed by atoms with Gasteiger partial charge in [-0.1, -0.05) is 11.3 Å². The molecule has 0 fully saturated rings. The predicted molar refractivity (Wildman–Crippen MR) is 71.8 cm³/mol. The van der Waals surface area contributed by atoms with Crippen LogP contribution in [0.3, 0.4) is 0 Å². The largest absolute Gasteiger partial charge is 0.462 e. The summed E-state index contributed by atoms with van der Waals surface area (Å²) in [5, 5.41) is 0.251. The fourth-order valence-corrected chi connectivity index (χ4v) is 2.47. The van der Waals surface area contributed by atoms with E-state index in [1.54, 1.807) is 13.8 Å². The summed E-state index contributed by atoms with van der Waals surface area (Å²) in [6, 6.07) is 1.44. The van der Waals surface area contributed by atoms with E-state index in [1.807, 2.05) is 0 Å². The molecule has 0 spiro atoms. The van der Waals surface area contributed by atoms with Gasteiger partial charge >= 0.3 is 10.8 Å². The van der Waals surface area contributed by atoms with Gasteiger partial charge in [0.25, 0.3) is 5.56 Å². The van der Waals surface area contributed by atoms with E-state index in [-0.39, 0.29) is 22.4 Å². The minimum atomic E-state index is -0.521. The molecule has 6 nitrogen and oxygen atoms in total. The van der Waals surface area contributed by atoms with Gasteiger partial charge in [0.2, 0.25) is 0 Å². The highest BCUT2D eigenvalue weighted by Crippen LogP contribution is 2.15. The number of carbonyl (C=O) groups excluding carboxylic acids is 1. The summed E-state index contributed by atoms with van der Waals surface area (Å²) in [7, 11) is 1.39. The molecule has 0 unspecified atom stereocenters. The molecule has 2 heterocycles. The van der Waals surface area contributed by atoms with E-state index < -0.39 is 11.5 Å². The zero-order valence-corrected chi connectivity index (χ0v) is 11.5. The molecule has 0 aliphatic heterocycles. The number of pyridine rings is 1. The van der Waals surface area contributed by atoms with Gasteiger partial charge in [-0.15, -0.1) is 0 Å². The first-order valence-corrected chi connectivity index (χ1v) is 6.46. The third-order valence-corrected chi connectivity index (χ3v) is 3.62. The standard InChI is InChI=1S/C12H12N2O4S/c1-4-18-11(16)7-5-8-9(13-6(7)2)19-12(17)14(3)10(8)15/h5H,4H2,1-3H3. The Kier molecular flexibility index (Phi) is 3.48. The molecule has 0 saturated carbocycles. The third kappa shape index (κ3) is 2.28. The van der Waals surface area contributed by atoms with Crippen molar-refractivity contribution in [2.45, 2.75) is 13.8 Å². The summed E-state index contributed by atoms with van der Waals surface area (Å²) in [6.07, 6.45) is 0. The molecule has 0 N–H and O–H groups in total. The maximum absolute atomic E-state index is 12.0. The molecule has 0 aliphatic carbocycles. The topological polar surface area (TPSA) is 78.3 Å². The van der Waals surface area contributed by atoms with Gasteiger partial charge in [-0.3, -0.25) is 14.2 Å². The van der Waals surface area contributed by atoms with Crippen molar-refractivity contribution < 1.29 is 9.53 Å². The number of rotatable bonds is 2. The van der Waals surface area contributed by atoms with Crippen LogP contribution in [0.2, 0.25) is 0 Å². The Bertz CT molecular complexity index is 776. The van der Waals surface area contributed by atoms with Crippen molar-refractivity contribution in [2.24, 2.45) is 7.05 Å². The van der Waals surface area contributed by atoms with Crippen LogP contribution in [0.4, 0.5) is 0 Å². The summed E-state index contributed by atoms with van der Waals surface area (Å²) in [5.74, 6) is -0.521. The van der Waals surface area contributed by atoms with Crippen molar-refractivity contribution in [1.82, 2.24) is 9.55 Å². The van der Waals surface area contributed by atoms with Crippen molar-refractivity contribution >= 4 is 27.5 Å². The first-order valence-electron chi connectivity index (χ1n) is 5.64. The normalized spacial score (nSPS) is 10.7. The van der Waals surface area contributed by atoms with Gasteiger partial charge in [0.15, 0.2) is 0 Å². The maximum Gasteiger partial charge on any atom is 0.339 e. The molecule has 19 heavy (non-hydrogen) atoms. The minimum Gasteiger partial charge on any atom is -0.462 e. The highest BCUT2D eigenvalue weighted by molar-refractivity contribution is 7.15. The van der Waals surface area contributed by atoms with Crippen LogP contribution in [0.15, 0.2) is 15.7 Å². The molecule has 2 aromatic rings. The molecule has 2 aromatic heterocycles. The monoisotopic (exact) mass is 280 g/mol. The number of esters is 1. The highest BCUT2D eigenvalue weighted by atomic mass is 32.1. The molecular weight excluding hydrogens is 268 g/mol. The third-order valence-electron chi connectivity index (χ3n) is 2.67. The molecular formula is C12H12N2O4S. The van der Waals surface area contributed by atoms with Gasteiger partial charge in [-0.05, 0) is 19.9 Å². The highest BCUT2D eigenvalue weighted by Gasteiger charge is 2.15. The van der Waals surface area contributed by atoms with E-state index in [4.69, 9.17) is 4.74 Å². The average Bonchev–Trinajstić information content (AvgIpc) is 2.36. The molecule has 0 atom stereocenters. The quantitative estimate of drug-likeness (QED) is 0.762. The SMILES string of the molecule is CCOC(=O)c1cc2c(=O)n(C)c(=O)sc2nc1C. The number of nitrogens with zero attached hydrogens (tertiary/aromatic N) is 2. The van der Waals surface area contributed by atoms with E-state index in [0.717, 1.165) is 15.9 Å². The lowest BCUT2D eigenvalue weighted by Gasteiger charge is -2.06. The second kappa shape index (κ2) is 4.93. The van der Waals surface area contributed by atoms with Crippen molar-refractivity contribution in [3.8, 4) is 0 Å². The number of hydrogen-bond donors (Lipinski definition) is 0. The molecule has 7 heteroatoms. The molecule has 0 radical (unpaired) electrons. The van der Waals surface area contributed by atoms with Crippen LogP contribution >= 0.6 is 11.3 Å². The van der Waals surface area contributed by atoms with Gasteiger partial charge in [0, 0.05) is 7.05 Å². The fraction of sp³-hybridized carbons (Fsp3) is 0.333. The first kappa shape index (κ1) is 13.4. The lowest BCUT2D eigenvalue weighted by atomic mass is 10.2. The number of fused-ring (bicyclic) bond motifs is 1. The summed E-state index contributed by atoms with van der Waals surface area (Å²) in [6.45, 7) is 3.59. The Labute approximate surface area is 112 Å². The van der Waals surface area contributed by atoms with Crippen molar-refractivity contribution in [1.29, 1.82) is 0 Å². The maximum atomic E-state index is 12.0. The van der Waals surface area contributed by atoms with E-state index in [1.165, 1.54) is 13.1 Å². The van der Waals surface area contributed by atoms with E-state index >= 15 is 0 Å². The van der Waals surface area contributed by atoms with Gasteiger partial charge in [-0.25, -0.2) is 9.78 Å². The van der Waals surface area contributed by atoms with E-state index in [2.05, 4.69) is 4.98 Å². The van der Waals surface area contributed by atoms with Crippen LogP contribution in [0.5, 0.6) is 0 Å². The minimum absolute atomic E-state index is 0.246. The van der Waals surface area contributed by atoms with Gasteiger partial charge in [-0.2, -0.15) is 0 Å². The number of carbonyl (C=O) groups is 1. The molecule has 0 amide bonds. The van der Waals surface area contributed by atoms with Crippen LogP contribution < -0.4 is 10.4 Å². The molecule has 100 valence electrons. The van der Waals surface area contributed by atoms with Crippen LogP contribution in [-0.2, 0) is 11.8 Å². The second-order valence-electron chi connectivity index (χ2n) is 3.93. The van der Waals surface area contributed by atoms with Gasteiger partial charge < -0.3 is 4.74 Å². The van der Waals surface area contributed by atoms with Gasteiger partial charge in [0.1, 0.15) is 4.83 Å². The lowest BCUT2D eigenvalue weighted by molar-refractivity contribution is 0.0525. The van der Waals surface area contributed by atoms with Crippen LogP contribution in [0, 0.1) is 6.92 Å². The Morgan fingerprint density at radius 3 is 2.79 bits per heavy atom. The lowest BCUT2D eigenvalue weighted by Crippen LogP contribution is -2.28. The second-order valence-corrected chi connectivity index (χ2v) is 4.87. The summed E-state index contributed by atoms with van der Waals surface area (Å²) >= 11 is 0.875.